The Labute approximate surface area is 127 Å². The minimum absolute atomic E-state index is 0.159. The Morgan fingerprint density at radius 1 is 1.24 bits per heavy atom. The van der Waals surface area contributed by atoms with Crippen LogP contribution in [-0.2, 0) is 17.8 Å². The van der Waals surface area contributed by atoms with Crippen molar-refractivity contribution in [3.63, 3.8) is 0 Å². The van der Waals surface area contributed by atoms with Crippen LogP contribution in [0, 0.1) is 6.92 Å². The molecule has 2 fully saturated rings. The average Bonchev–Trinajstić information content (AvgIpc) is 3.19. The largest absolute Gasteiger partial charge is 0.297 e. The summed E-state index contributed by atoms with van der Waals surface area (Å²) in [6.07, 6.45) is 7.58. The van der Waals surface area contributed by atoms with Crippen LogP contribution in [0.2, 0.25) is 0 Å². The van der Waals surface area contributed by atoms with Gasteiger partial charge in [0.1, 0.15) is 0 Å². The van der Waals surface area contributed by atoms with Crippen LogP contribution in [0.5, 0.6) is 0 Å². The summed E-state index contributed by atoms with van der Waals surface area (Å²) in [5.41, 5.74) is 1.94. The first-order valence-electron chi connectivity index (χ1n) is 8.47. The second-order valence-corrected chi connectivity index (χ2v) is 6.63. The molecule has 1 aromatic rings. The molecule has 116 valence electrons. The predicted molar refractivity (Wildman–Crippen MR) is 83.4 cm³/mol. The Hall–Kier alpha value is -1.16. The van der Waals surface area contributed by atoms with Crippen molar-refractivity contribution in [2.24, 2.45) is 0 Å². The van der Waals surface area contributed by atoms with Crippen LogP contribution in [-0.4, -0.2) is 39.1 Å². The SMILES string of the molecule is CCn1nc(C)cc1CC(=O)C1(N2CCCC2)CCCC1. The normalized spacial score (nSPS) is 22.0. The molecule has 4 nitrogen and oxygen atoms in total. The number of aromatic nitrogens is 2. The standard InChI is InChI=1S/C17H27N3O/c1-3-20-15(12-14(2)18-20)13-16(21)17(8-4-5-9-17)19-10-6-7-11-19/h12H,3-11,13H2,1-2H3. The van der Waals surface area contributed by atoms with Crippen molar-refractivity contribution in [2.45, 2.75) is 70.9 Å². The molecule has 2 aliphatic rings. The van der Waals surface area contributed by atoms with Gasteiger partial charge < -0.3 is 0 Å². The average molecular weight is 289 g/mol. The first kappa shape index (κ1) is 14.8. The molecule has 0 N–H and O–H groups in total. The summed E-state index contributed by atoms with van der Waals surface area (Å²) in [7, 11) is 0. The molecular weight excluding hydrogens is 262 g/mol. The van der Waals surface area contributed by atoms with Gasteiger partial charge in [0.05, 0.1) is 17.7 Å². The molecule has 0 unspecified atom stereocenters. The zero-order valence-corrected chi connectivity index (χ0v) is 13.4. The maximum Gasteiger partial charge on any atom is 0.158 e. The summed E-state index contributed by atoms with van der Waals surface area (Å²) in [6, 6.07) is 2.08. The molecule has 1 aliphatic carbocycles. The lowest BCUT2D eigenvalue weighted by molar-refractivity contribution is -0.130. The molecule has 1 aromatic heterocycles. The minimum Gasteiger partial charge on any atom is -0.297 e. The Balaban J connectivity index is 1.81. The highest BCUT2D eigenvalue weighted by Crippen LogP contribution is 2.38. The number of hydrogen-bond acceptors (Lipinski definition) is 3. The molecule has 1 saturated heterocycles. The van der Waals surface area contributed by atoms with Crippen molar-refractivity contribution < 1.29 is 4.79 Å². The lowest BCUT2D eigenvalue weighted by Gasteiger charge is -2.37. The zero-order valence-electron chi connectivity index (χ0n) is 13.4. The highest BCUT2D eigenvalue weighted by atomic mass is 16.1. The molecule has 1 aliphatic heterocycles. The first-order chi connectivity index (χ1) is 10.2. The minimum atomic E-state index is -0.159. The zero-order chi connectivity index (χ0) is 14.9. The second-order valence-electron chi connectivity index (χ2n) is 6.63. The van der Waals surface area contributed by atoms with Crippen LogP contribution in [0.25, 0.3) is 0 Å². The molecule has 0 aromatic carbocycles. The molecule has 0 amide bonds. The number of carbonyl (C=O) groups excluding carboxylic acids is 1. The predicted octanol–water partition coefficient (Wildman–Crippen LogP) is 2.73. The molecule has 1 saturated carbocycles. The molecule has 4 heteroatoms. The highest BCUT2D eigenvalue weighted by molar-refractivity contribution is 5.90. The van der Waals surface area contributed by atoms with Gasteiger partial charge >= 0.3 is 0 Å². The lowest BCUT2D eigenvalue weighted by Crippen LogP contribution is -2.52. The van der Waals surface area contributed by atoms with Crippen molar-refractivity contribution in [3.05, 3.63) is 17.5 Å². The van der Waals surface area contributed by atoms with Crippen molar-refractivity contribution in [3.8, 4) is 0 Å². The number of aryl methyl sites for hydroxylation is 2. The molecule has 0 atom stereocenters. The van der Waals surface area contributed by atoms with Crippen LogP contribution in [0.3, 0.4) is 0 Å². The van der Waals surface area contributed by atoms with E-state index in [-0.39, 0.29) is 5.54 Å². The number of hydrogen-bond donors (Lipinski definition) is 0. The third-order valence-corrected chi connectivity index (χ3v) is 5.29. The molecule has 0 bridgehead atoms. The van der Waals surface area contributed by atoms with Crippen molar-refractivity contribution in [1.29, 1.82) is 0 Å². The summed E-state index contributed by atoms with van der Waals surface area (Å²) in [4.78, 5) is 15.6. The third kappa shape index (κ3) is 2.66. The lowest BCUT2D eigenvalue weighted by atomic mass is 9.87. The van der Waals surface area contributed by atoms with Gasteiger partial charge in [0, 0.05) is 12.2 Å². The maximum atomic E-state index is 13.1. The number of rotatable bonds is 5. The topological polar surface area (TPSA) is 38.1 Å². The first-order valence-corrected chi connectivity index (χ1v) is 8.47. The molecule has 2 heterocycles. The third-order valence-electron chi connectivity index (χ3n) is 5.29. The molecule has 3 rings (SSSR count). The quantitative estimate of drug-likeness (QED) is 0.836. The Morgan fingerprint density at radius 3 is 2.52 bits per heavy atom. The van der Waals surface area contributed by atoms with E-state index in [1.807, 2.05) is 11.6 Å². The van der Waals surface area contributed by atoms with Gasteiger partial charge in [0.25, 0.3) is 0 Å². The van der Waals surface area contributed by atoms with Crippen molar-refractivity contribution >= 4 is 5.78 Å². The number of ketones is 1. The van der Waals surface area contributed by atoms with Crippen LogP contribution in [0.4, 0.5) is 0 Å². The van der Waals surface area contributed by atoms with E-state index in [4.69, 9.17) is 0 Å². The Bertz CT molecular complexity index is 508. The van der Waals surface area contributed by atoms with Gasteiger partial charge in [0.15, 0.2) is 5.78 Å². The fourth-order valence-electron chi connectivity index (χ4n) is 4.22. The van der Waals surface area contributed by atoms with E-state index in [1.54, 1.807) is 0 Å². The number of nitrogens with zero attached hydrogens (tertiary/aromatic N) is 3. The monoisotopic (exact) mass is 289 g/mol. The molecule has 21 heavy (non-hydrogen) atoms. The van der Waals surface area contributed by atoms with Gasteiger partial charge in [-0.25, -0.2) is 0 Å². The summed E-state index contributed by atoms with van der Waals surface area (Å²) in [5.74, 6) is 0.427. The van der Waals surface area contributed by atoms with E-state index < -0.39 is 0 Å². The van der Waals surface area contributed by atoms with E-state index in [0.29, 0.717) is 12.2 Å². The summed E-state index contributed by atoms with van der Waals surface area (Å²) in [6.45, 7) is 7.15. The molecule has 0 radical (unpaired) electrons. The van der Waals surface area contributed by atoms with Crippen LogP contribution in [0.15, 0.2) is 6.07 Å². The van der Waals surface area contributed by atoms with E-state index in [1.165, 1.54) is 25.7 Å². The van der Waals surface area contributed by atoms with Crippen molar-refractivity contribution in [2.75, 3.05) is 13.1 Å². The van der Waals surface area contributed by atoms with Gasteiger partial charge in [0.2, 0.25) is 0 Å². The van der Waals surface area contributed by atoms with Gasteiger partial charge in [-0.1, -0.05) is 12.8 Å². The maximum absolute atomic E-state index is 13.1. The fourth-order valence-corrected chi connectivity index (χ4v) is 4.22. The summed E-state index contributed by atoms with van der Waals surface area (Å²) in [5, 5.41) is 4.48. The summed E-state index contributed by atoms with van der Waals surface area (Å²) >= 11 is 0. The van der Waals surface area contributed by atoms with Gasteiger partial charge in [-0.3, -0.25) is 14.4 Å². The van der Waals surface area contributed by atoms with Gasteiger partial charge in [-0.2, -0.15) is 5.10 Å². The van der Waals surface area contributed by atoms with Crippen LogP contribution < -0.4 is 0 Å². The Kier molecular flexibility index (Phi) is 4.16. The van der Waals surface area contributed by atoms with Gasteiger partial charge in [-0.15, -0.1) is 0 Å². The van der Waals surface area contributed by atoms with Gasteiger partial charge in [-0.05, 0) is 58.7 Å². The molecule has 0 spiro atoms. The highest BCUT2D eigenvalue weighted by Gasteiger charge is 2.46. The smallest absolute Gasteiger partial charge is 0.158 e. The second kappa shape index (κ2) is 5.91. The van der Waals surface area contributed by atoms with Crippen LogP contribution in [0.1, 0.15) is 56.8 Å². The summed E-state index contributed by atoms with van der Waals surface area (Å²) < 4.78 is 1.99. The van der Waals surface area contributed by atoms with Crippen LogP contribution >= 0.6 is 0 Å². The van der Waals surface area contributed by atoms with Crippen molar-refractivity contribution in [1.82, 2.24) is 14.7 Å². The Morgan fingerprint density at radius 2 is 1.90 bits per heavy atom. The van der Waals surface area contributed by atoms with E-state index in [0.717, 1.165) is 43.9 Å². The number of likely N-dealkylation sites (tertiary alicyclic amines) is 1. The number of Topliss-reactive ketones (excluding diaryl/α,β-unsaturated/α-hetero) is 1. The van der Waals surface area contributed by atoms with E-state index >= 15 is 0 Å². The van der Waals surface area contributed by atoms with E-state index in [9.17, 15) is 4.79 Å². The fraction of sp³-hybridized carbons (Fsp3) is 0.765. The molecular formula is C17H27N3O. The number of carbonyl (C=O) groups is 1. The van der Waals surface area contributed by atoms with E-state index in [2.05, 4.69) is 23.0 Å².